The minimum absolute atomic E-state index is 0.265. The monoisotopic (exact) mass is 244 g/mol. The van der Waals surface area contributed by atoms with Crippen LogP contribution in [-0.4, -0.2) is 27.7 Å². The third kappa shape index (κ3) is 1.24. The molecule has 0 bridgehead atoms. The average Bonchev–Trinajstić information content (AvgIpc) is 2.86. The number of methoxy groups -OCH3 is 1. The smallest absolute Gasteiger partial charge is 0.352 e. The largest absolute Gasteiger partial charge is 0.495 e. The van der Waals surface area contributed by atoms with Gasteiger partial charge in [-0.2, -0.15) is 0 Å². The lowest BCUT2D eigenvalue weighted by molar-refractivity contribution is 0.0687. The van der Waals surface area contributed by atoms with Gasteiger partial charge in [-0.25, -0.2) is 4.79 Å². The summed E-state index contributed by atoms with van der Waals surface area (Å²) in [5.41, 5.74) is 2.83. The van der Waals surface area contributed by atoms with Crippen LogP contribution in [0.5, 0.6) is 5.75 Å². The zero-order valence-corrected chi connectivity index (χ0v) is 10.0. The zero-order valence-electron chi connectivity index (χ0n) is 10.0. The van der Waals surface area contributed by atoms with E-state index in [9.17, 15) is 4.79 Å². The van der Waals surface area contributed by atoms with E-state index in [4.69, 9.17) is 9.84 Å². The molecule has 0 aliphatic carbocycles. The normalized spacial score (nSPS) is 11.2. The van der Waals surface area contributed by atoms with Crippen LogP contribution in [0.3, 0.4) is 0 Å². The molecule has 0 saturated carbocycles. The molecular formula is C13H12N2O3. The van der Waals surface area contributed by atoms with Crippen molar-refractivity contribution in [2.45, 2.75) is 0 Å². The number of ether oxygens (including phenoxy) is 1. The molecule has 5 heteroatoms. The lowest BCUT2D eigenvalue weighted by atomic mass is 10.2. The Bertz CT molecular complexity index is 767. The molecule has 2 heterocycles. The van der Waals surface area contributed by atoms with Gasteiger partial charge >= 0.3 is 5.97 Å². The van der Waals surface area contributed by atoms with Crippen molar-refractivity contribution >= 4 is 27.9 Å². The number of carboxylic acid groups (broad SMARTS) is 1. The maximum absolute atomic E-state index is 11.1. The Balaban J connectivity index is 2.45. The summed E-state index contributed by atoms with van der Waals surface area (Å²) in [6.45, 7) is 0. The first-order chi connectivity index (χ1) is 8.63. The molecule has 0 spiro atoms. The van der Waals surface area contributed by atoms with Crippen LogP contribution in [0.2, 0.25) is 0 Å². The Morgan fingerprint density at radius 3 is 2.89 bits per heavy atom. The first-order valence-electron chi connectivity index (χ1n) is 5.51. The third-order valence-electron chi connectivity index (χ3n) is 3.21. The van der Waals surface area contributed by atoms with E-state index in [-0.39, 0.29) is 5.69 Å². The van der Waals surface area contributed by atoms with Gasteiger partial charge in [0.15, 0.2) is 0 Å². The highest BCUT2D eigenvalue weighted by atomic mass is 16.5. The Morgan fingerprint density at radius 1 is 1.44 bits per heavy atom. The summed E-state index contributed by atoms with van der Waals surface area (Å²) in [6, 6.07) is 7.34. The number of nitrogens with one attached hydrogen (secondary N) is 1. The lowest BCUT2D eigenvalue weighted by Crippen LogP contribution is -2.03. The van der Waals surface area contributed by atoms with Crippen LogP contribution in [0.25, 0.3) is 21.9 Å². The molecule has 3 aromatic rings. The van der Waals surface area contributed by atoms with E-state index in [1.807, 2.05) is 18.2 Å². The molecule has 5 nitrogen and oxygen atoms in total. The number of aromatic amines is 1. The van der Waals surface area contributed by atoms with E-state index in [1.54, 1.807) is 24.8 Å². The molecule has 0 saturated heterocycles. The van der Waals surface area contributed by atoms with Gasteiger partial charge in [-0.1, -0.05) is 12.1 Å². The number of carbonyl (C=O) groups is 1. The molecule has 0 aliphatic heterocycles. The molecule has 2 N–H and O–H groups in total. The van der Waals surface area contributed by atoms with Crippen LogP contribution in [0.1, 0.15) is 10.5 Å². The zero-order chi connectivity index (χ0) is 12.9. The van der Waals surface area contributed by atoms with Gasteiger partial charge in [-0.3, -0.25) is 0 Å². The fourth-order valence-electron chi connectivity index (χ4n) is 2.39. The SMILES string of the molecule is COc1cccc2c1[nH]c1cc(C(=O)O)n(C)c12. The molecule has 0 radical (unpaired) electrons. The standard InChI is InChI=1S/C13H12N2O3/c1-15-9(13(16)17)6-8-12(15)7-4-3-5-10(18-2)11(7)14-8/h3-6,14H,1-2H3,(H,16,17). The molecule has 0 aliphatic rings. The van der Waals surface area contributed by atoms with Gasteiger partial charge in [-0.15, -0.1) is 0 Å². The molecule has 0 fully saturated rings. The maximum atomic E-state index is 11.1. The fourth-order valence-corrected chi connectivity index (χ4v) is 2.39. The fraction of sp³-hybridized carbons (Fsp3) is 0.154. The molecule has 0 amide bonds. The van der Waals surface area contributed by atoms with E-state index in [0.717, 1.165) is 27.7 Å². The minimum Gasteiger partial charge on any atom is -0.495 e. The van der Waals surface area contributed by atoms with E-state index in [0.29, 0.717) is 0 Å². The Hall–Kier alpha value is -2.43. The van der Waals surface area contributed by atoms with Crippen molar-refractivity contribution in [2.24, 2.45) is 7.05 Å². The maximum Gasteiger partial charge on any atom is 0.352 e. The Kier molecular flexibility index (Phi) is 2.10. The van der Waals surface area contributed by atoms with Crippen molar-refractivity contribution in [1.29, 1.82) is 0 Å². The number of para-hydroxylation sites is 1. The van der Waals surface area contributed by atoms with Crippen LogP contribution in [-0.2, 0) is 7.05 Å². The molecular weight excluding hydrogens is 232 g/mol. The van der Waals surface area contributed by atoms with E-state index in [2.05, 4.69) is 4.98 Å². The predicted molar refractivity (Wildman–Crippen MR) is 68.3 cm³/mol. The molecule has 0 atom stereocenters. The van der Waals surface area contributed by atoms with Gasteiger partial charge in [-0.05, 0) is 12.1 Å². The van der Waals surface area contributed by atoms with Crippen molar-refractivity contribution in [3.05, 3.63) is 30.0 Å². The molecule has 92 valence electrons. The highest BCUT2D eigenvalue weighted by Crippen LogP contribution is 2.32. The second kappa shape index (κ2) is 3.53. The van der Waals surface area contributed by atoms with Gasteiger partial charge in [0.1, 0.15) is 11.4 Å². The number of fused-ring (bicyclic) bond motifs is 3. The summed E-state index contributed by atoms with van der Waals surface area (Å²) < 4.78 is 6.96. The summed E-state index contributed by atoms with van der Waals surface area (Å²) in [4.78, 5) is 14.3. The Morgan fingerprint density at radius 2 is 2.22 bits per heavy atom. The van der Waals surface area contributed by atoms with Crippen molar-refractivity contribution in [3.8, 4) is 5.75 Å². The second-order valence-electron chi connectivity index (χ2n) is 4.16. The number of aromatic carboxylic acids is 1. The second-order valence-corrected chi connectivity index (χ2v) is 4.16. The van der Waals surface area contributed by atoms with Gasteiger partial charge in [0.05, 0.1) is 23.7 Å². The summed E-state index contributed by atoms with van der Waals surface area (Å²) in [7, 11) is 3.36. The van der Waals surface area contributed by atoms with E-state index >= 15 is 0 Å². The van der Waals surface area contributed by atoms with Gasteiger partial charge in [0.2, 0.25) is 0 Å². The summed E-state index contributed by atoms with van der Waals surface area (Å²) in [5, 5.41) is 10.1. The van der Waals surface area contributed by atoms with Gasteiger partial charge < -0.3 is 19.4 Å². The van der Waals surface area contributed by atoms with Crippen LogP contribution in [0.15, 0.2) is 24.3 Å². The van der Waals surface area contributed by atoms with Gasteiger partial charge in [0.25, 0.3) is 0 Å². The number of aromatic nitrogens is 2. The quantitative estimate of drug-likeness (QED) is 0.727. The third-order valence-corrected chi connectivity index (χ3v) is 3.21. The highest BCUT2D eigenvalue weighted by molar-refractivity contribution is 6.10. The van der Waals surface area contributed by atoms with Crippen molar-refractivity contribution < 1.29 is 14.6 Å². The van der Waals surface area contributed by atoms with E-state index in [1.165, 1.54) is 0 Å². The molecule has 0 unspecified atom stereocenters. The number of rotatable bonds is 2. The number of hydrogen-bond acceptors (Lipinski definition) is 2. The number of hydrogen-bond donors (Lipinski definition) is 2. The summed E-state index contributed by atoms with van der Waals surface area (Å²) in [5.74, 6) is -0.182. The lowest BCUT2D eigenvalue weighted by Gasteiger charge is -2.02. The van der Waals surface area contributed by atoms with Crippen LogP contribution >= 0.6 is 0 Å². The number of benzene rings is 1. The summed E-state index contributed by atoms with van der Waals surface area (Å²) in [6.07, 6.45) is 0. The number of carboxylic acids is 1. The van der Waals surface area contributed by atoms with Gasteiger partial charge in [0, 0.05) is 12.4 Å². The molecule has 3 rings (SSSR count). The first-order valence-corrected chi connectivity index (χ1v) is 5.51. The van der Waals surface area contributed by atoms with Crippen molar-refractivity contribution in [1.82, 2.24) is 9.55 Å². The average molecular weight is 244 g/mol. The molecule has 18 heavy (non-hydrogen) atoms. The number of nitrogens with zero attached hydrogens (tertiary/aromatic N) is 1. The molecule has 2 aromatic heterocycles. The first kappa shape index (κ1) is 10.7. The highest BCUT2D eigenvalue weighted by Gasteiger charge is 2.17. The van der Waals surface area contributed by atoms with E-state index < -0.39 is 5.97 Å². The van der Waals surface area contributed by atoms with Crippen LogP contribution in [0, 0.1) is 0 Å². The summed E-state index contributed by atoms with van der Waals surface area (Å²) >= 11 is 0. The van der Waals surface area contributed by atoms with Crippen LogP contribution in [0.4, 0.5) is 0 Å². The molecule has 1 aromatic carbocycles. The van der Waals surface area contributed by atoms with Crippen molar-refractivity contribution in [2.75, 3.05) is 7.11 Å². The predicted octanol–water partition coefficient (Wildman–Crippen LogP) is 2.37. The topological polar surface area (TPSA) is 67.2 Å². The van der Waals surface area contributed by atoms with Crippen molar-refractivity contribution in [3.63, 3.8) is 0 Å². The minimum atomic E-state index is -0.932. The number of aryl methyl sites for hydroxylation is 1. The number of H-pyrrole nitrogens is 1. The Labute approximate surface area is 103 Å². The van der Waals surface area contributed by atoms with Crippen LogP contribution < -0.4 is 4.74 Å².